The van der Waals surface area contributed by atoms with Crippen LogP contribution in [-0.4, -0.2) is 37.0 Å². The molecule has 3 N–H and O–H groups in total. The highest BCUT2D eigenvalue weighted by Crippen LogP contribution is 2.13. The van der Waals surface area contributed by atoms with E-state index < -0.39 is 0 Å². The molecule has 0 atom stereocenters. The summed E-state index contributed by atoms with van der Waals surface area (Å²) in [5.41, 5.74) is 7.42. The first kappa shape index (κ1) is 21.2. The Morgan fingerprint density at radius 2 is 1.91 bits per heavy atom. The van der Waals surface area contributed by atoms with Gasteiger partial charge in [0.15, 0.2) is 0 Å². The minimum absolute atomic E-state index is 0. The minimum Gasteiger partial charge on any atom is -0.352 e. The van der Waals surface area contributed by atoms with Crippen molar-refractivity contribution < 1.29 is 4.79 Å². The van der Waals surface area contributed by atoms with Crippen molar-refractivity contribution in [3.05, 3.63) is 35.4 Å². The van der Waals surface area contributed by atoms with E-state index in [0.717, 1.165) is 24.9 Å². The molecule has 0 aliphatic carbocycles. The molecule has 22 heavy (non-hydrogen) atoms. The first-order valence-corrected chi connectivity index (χ1v) is 7.59. The standard InChI is InChI=1S/C16H25N3O.2ClH/c17-8-1-2-9-18-16(20)15-7-5-6-14(12-15)13-19-10-3-4-11-19;;/h5-7,12H,1-4,8-11,13,17H2,(H,18,20);2*1H. The van der Waals surface area contributed by atoms with Crippen molar-refractivity contribution in [1.29, 1.82) is 0 Å². The topological polar surface area (TPSA) is 58.4 Å². The summed E-state index contributed by atoms with van der Waals surface area (Å²) in [5.74, 6) is 0.0188. The molecule has 126 valence electrons. The van der Waals surface area contributed by atoms with Gasteiger partial charge in [-0.05, 0) is 63.0 Å². The zero-order valence-electron chi connectivity index (χ0n) is 12.9. The Balaban J connectivity index is 0.00000220. The summed E-state index contributed by atoms with van der Waals surface area (Å²) in [4.78, 5) is 14.5. The fraction of sp³-hybridized carbons (Fsp3) is 0.562. The van der Waals surface area contributed by atoms with Crippen LogP contribution >= 0.6 is 24.8 Å². The van der Waals surface area contributed by atoms with E-state index in [2.05, 4.69) is 16.3 Å². The van der Waals surface area contributed by atoms with Crippen molar-refractivity contribution in [2.45, 2.75) is 32.2 Å². The van der Waals surface area contributed by atoms with Gasteiger partial charge < -0.3 is 11.1 Å². The highest BCUT2D eigenvalue weighted by atomic mass is 35.5. The predicted molar refractivity (Wildman–Crippen MR) is 96.1 cm³/mol. The lowest BCUT2D eigenvalue weighted by atomic mass is 10.1. The molecule has 4 nitrogen and oxygen atoms in total. The number of nitrogens with zero attached hydrogens (tertiary/aromatic N) is 1. The quantitative estimate of drug-likeness (QED) is 0.745. The molecular weight excluding hydrogens is 321 g/mol. The van der Waals surface area contributed by atoms with E-state index in [9.17, 15) is 4.79 Å². The number of rotatable bonds is 7. The number of nitrogens with two attached hydrogens (primary N) is 1. The molecule has 1 amide bonds. The first-order valence-electron chi connectivity index (χ1n) is 7.59. The van der Waals surface area contributed by atoms with Gasteiger partial charge in [-0.3, -0.25) is 9.69 Å². The Hall–Kier alpha value is -0.810. The zero-order chi connectivity index (χ0) is 14.2. The molecule has 2 rings (SSSR count). The summed E-state index contributed by atoms with van der Waals surface area (Å²) < 4.78 is 0. The summed E-state index contributed by atoms with van der Waals surface area (Å²) in [6, 6.07) is 7.96. The van der Waals surface area contributed by atoms with Crippen LogP contribution in [0, 0.1) is 0 Å². The van der Waals surface area contributed by atoms with Gasteiger partial charge in [0.25, 0.3) is 5.91 Å². The predicted octanol–water partition coefficient (Wildman–Crippen LogP) is 2.59. The van der Waals surface area contributed by atoms with E-state index in [1.807, 2.05) is 18.2 Å². The molecular formula is C16H27Cl2N3O. The SMILES string of the molecule is Cl.Cl.NCCCCNC(=O)c1cccc(CN2CCCC2)c1. The molecule has 1 saturated heterocycles. The number of hydrogen-bond acceptors (Lipinski definition) is 3. The Bertz CT molecular complexity index is 437. The Kier molecular flexibility index (Phi) is 11.3. The second-order valence-electron chi connectivity index (χ2n) is 5.44. The maximum absolute atomic E-state index is 12.0. The smallest absolute Gasteiger partial charge is 0.251 e. The van der Waals surface area contributed by atoms with Gasteiger partial charge in [0.1, 0.15) is 0 Å². The molecule has 6 heteroatoms. The molecule has 1 fully saturated rings. The van der Waals surface area contributed by atoms with E-state index in [4.69, 9.17) is 5.73 Å². The van der Waals surface area contributed by atoms with Gasteiger partial charge in [-0.25, -0.2) is 0 Å². The van der Waals surface area contributed by atoms with Crippen LogP contribution in [0.2, 0.25) is 0 Å². The molecule has 0 saturated carbocycles. The number of benzene rings is 1. The van der Waals surface area contributed by atoms with Crippen molar-refractivity contribution in [3.8, 4) is 0 Å². The summed E-state index contributed by atoms with van der Waals surface area (Å²) in [7, 11) is 0. The number of likely N-dealkylation sites (tertiary alicyclic amines) is 1. The van der Waals surface area contributed by atoms with Crippen LogP contribution in [-0.2, 0) is 6.54 Å². The summed E-state index contributed by atoms with van der Waals surface area (Å²) in [6.45, 7) is 4.69. The van der Waals surface area contributed by atoms with Gasteiger partial charge in [-0.1, -0.05) is 12.1 Å². The van der Waals surface area contributed by atoms with E-state index in [-0.39, 0.29) is 30.7 Å². The second kappa shape index (κ2) is 11.7. The molecule has 0 radical (unpaired) electrons. The van der Waals surface area contributed by atoms with Gasteiger partial charge in [0.2, 0.25) is 0 Å². The van der Waals surface area contributed by atoms with Crippen LogP contribution < -0.4 is 11.1 Å². The number of carbonyl (C=O) groups excluding carboxylic acids is 1. The molecule has 0 bridgehead atoms. The summed E-state index contributed by atoms with van der Waals surface area (Å²) >= 11 is 0. The van der Waals surface area contributed by atoms with Crippen molar-refractivity contribution in [3.63, 3.8) is 0 Å². The van der Waals surface area contributed by atoms with E-state index in [0.29, 0.717) is 13.1 Å². The molecule has 0 aromatic heterocycles. The third-order valence-electron chi connectivity index (χ3n) is 3.71. The number of amides is 1. The fourth-order valence-electron chi connectivity index (χ4n) is 2.58. The highest BCUT2D eigenvalue weighted by Gasteiger charge is 2.12. The van der Waals surface area contributed by atoms with E-state index in [1.165, 1.54) is 31.5 Å². The third-order valence-corrected chi connectivity index (χ3v) is 3.71. The molecule has 0 spiro atoms. The number of halogens is 2. The average Bonchev–Trinajstić information content (AvgIpc) is 2.96. The molecule has 1 aliphatic rings. The Labute approximate surface area is 145 Å². The van der Waals surface area contributed by atoms with Crippen molar-refractivity contribution in [1.82, 2.24) is 10.2 Å². The minimum atomic E-state index is 0. The normalized spacial score (nSPS) is 14.0. The Morgan fingerprint density at radius 3 is 2.59 bits per heavy atom. The lowest BCUT2D eigenvalue weighted by Gasteiger charge is -2.15. The van der Waals surface area contributed by atoms with Crippen LogP contribution in [0.5, 0.6) is 0 Å². The number of hydrogen-bond donors (Lipinski definition) is 2. The molecule has 1 aliphatic heterocycles. The lowest BCUT2D eigenvalue weighted by molar-refractivity contribution is 0.0953. The van der Waals surface area contributed by atoms with Gasteiger partial charge in [0, 0.05) is 18.7 Å². The highest BCUT2D eigenvalue weighted by molar-refractivity contribution is 5.94. The third kappa shape index (κ3) is 6.97. The van der Waals surface area contributed by atoms with Crippen LogP contribution in [0.15, 0.2) is 24.3 Å². The number of nitrogens with one attached hydrogen (secondary N) is 1. The fourth-order valence-corrected chi connectivity index (χ4v) is 2.58. The van der Waals surface area contributed by atoms with E-state index >= 15 is 0 Å². The second-order valence-corrected chi connectivity index (χ2v) is 5.44. The number of carbonyl (C=O) groups is 1. The van der Waals surface area contributed by atoms with Crippen molar-refractivity contribution in [2.24, 2.45) is 5.73 Å². The van der Waals surface area contributed by atoms with Gasteiger partial charge >= 0.3 is 0 Å². The molecule has 1 aromatic carbocycles. The van der Waals surface area contributed by atoms with Crippen molar-refractivity contribution >= 4 is 30.7 Å². The summed E-state index contributed by atoms with van der Waals surface area (Å²) in [5, 5.41) is 2.95. The van der Waals surface area contributed by atoms with Crippen LogP contribution in [0.25, 0.3) is 0 Å². The zero-order valence-corrected chi connectivity index (χ0v) is 14.6. The lowest BCUT2D eigenvalue weighted by Crippen LogP contribution is -2.25. The average molecular weight is 348 g/mol. The monoisotopic (exact) mass is 347 g/mol. The van der Waals surface area contributed by atoms with Gasteiger partial charge in [-0.15, -0.1) is 24.8 Å². The maximum atomic E-state index is 12.0. The first-order chi connectivity index (χ1) is 9.79. The largest absolute Gasteiger partial charge is 0.352 e. The molecule has 1 aromatic rings. The van der Waals surface area contributed by atoms with Gasteiger partial charge in [-0.2, -0.15) is 0 Å². The van der Waals surface area contributed by atoms with Crippen LogP contribution in [0.4, 0.5) is 0 Å². The Morgan fingerprint density at radius 1 is 1.18 bits per heavy atom. The van der Waals surface area contributed by atoms with E-state index in [1.54, 1.807) is 0 Å². The summed E-state index contributed by atoms with van der Waals surface area (Å²) in [6.07, 6.45) is 4.48. The molecule has 1 heterocycles. The van der Waals surface area contributed by atoms with Crippen LogP contribution in [0.3, 0.4) is 0 Å². The molecule has 0 unspecified atom stereocenters. The van der Waals surface area contributed by atoms with Crippen LogP contribution in [0.1, 0.15) is 41.6 Å². The van der Waals surface area contributed by atoms with Gasteiger partial charge in [0.05, 0.1) is 0 Å². The maximum Gasteiger partial charge on any atom is 0.251 e. The number of unbranched alkanes of at least 4 members (excludes halogenated alkanes) is 1. The van der Waals surface area contributed by atoms with Crippen molar-refractivity contribution in [2.75, 3.05) is 26.2 Å².